The number of hydrogen-bond donors (Lipinski definition) is 0. The molecule has 1 aliphatic heterocycles. The summed E-state index contributed by atoms with van der Waals surface area (Å²) in [6.45, 7) is 1.98. The Bertz CT molecular complexity index is 1170. The average molecular weight is 430 g/mol. The first-order valence-electron chi connectivity index (χ1n) is 10.2. The van der Waals surface area contributed by atoms with Crippen molar-refractivity contribution >= 4 is 17.8 Å². The fourth-order valence-corrected chi connectivity index (χ4v) is 3.36. The standard InChI is InChI=1S/C26H22O6/c1-3-30-26(28)25(18-9-5-4-6-10-18)31-20-12-13-21-22(16-20)32-23(24(21)27)15-17-8-7-11-19(14-17)29-2/h4-16,25H,3H2,1-2H3/t25-/m0/s1. The highest BCUT2D eigenvalue weighted by atomic mass is 16.6. The maximum atomic E-state index is 12.8. The molecule has 162 valence electrons. The van der Waals surface area contributed by atoms with Gasteiger partial charge < -0.3 is 18.9 Å². The number of ketones is 1. The number of hydrogen-bond acceptors (Lipinski definition) is 6. The van der Waals surface area contributed by atoms with E-state index in [9.17, 15) is 9.59 Å². The molecule has 1 atom stereocenters. The summed E-state index contributed by atoms with van der Waals surface area (Å²) in [5.74, 6) is 0.937. The first-order valence-corrected chi connectivity index (χ1v) is 10.2. The predicted octanol–water partition coefficient (Wildman–Crippen LogP) is 4.99. The van der Waals surface area contributed by atoms with Crippen molar-refractivity contribution in [2.24, 2.45) is 0 Å². The molecule has 0 aliphatic carbocycles. The molecule has 32 heavy (non-hydrogen) atoms. The molecule has 3 aromatic carbocycles. The highest BCUT2D eigenvalue weighted by molar-refractivity contribution is 6.14. The van der Waals surface area contributed by atoms with Gasteiger partial charge in [-0.25, -0.2) is 4.79 Å². The van der Waals surface area contributed by atoms with E-state index in [2.05, 4.69) is 0 Å². The molecular formula is C26H22O6. The fourth-order valence-electron chi connectivity index (χ4n) is 3.36. The second-order valence-corrected chi connectivity index (χ2v) is 7.03. The van der Waals surface area contributed by atoms with Crippen LogP contribution in [-0.4, -0.2) is 25.5 Å². The van der Waals surface area contributed by atoms with E-state index < -0.39 is 12.1 Å². The number of fused-ring (bicyclic) bond motifs is 1. The van der Waals surface area contributed by atoms with Gasteiger partial charge in [0.25, 0.3) is 0 Å². The van der Waals surface area contributed by atoms with Crippen molar-refractivity contribution < 1.29 is 28.5 Å². The van der Waals surface area contributed by atoms with E-state index in [-0.39, 0.29) is 18.1 Å². The van der Waals surface area contributed by atoms with Crippen LogP contribution in [0.1, 0.15) is 34.5 Å². The molecule has 0 saturated heterocycles. The predicted molar refractivity (Wildman–Crippen MR) is 119 cm³/mol. The highest BCUT2D eigenvalue weighted by Gasteiger charge is 2.29. The van der Waals surface area contributed by atoms with E-state index >= 15 is 0 Å². The van der Waals surface area contributed by atoms with Crippen LogP contribution >= 0.6 is 0 Å². The Labute approximate surface area is 186 Å². The Hall–Kier alpha value is -4.06. The van der Waals surface area contributed by atoms with Crippen LogP contribution in [0, 0.1) is 0 Å². The summed E-state index contributed by atoms with van der Waals surface area (Å²) in [5.41, 5.74) is 1.88. The van der Waals surface area contributed by atoms with Gasteiger partial charge in [-0.3, -0.25) is 4.79 Å². The third-order valence-corrected chi connectivity index (χ3v) is 4.89. The number of methoxy groups -OCH3 is 1. The molecule has 0 aromatic heterocycles. The minimum absolute atomic E-state index is 0.204. The van der Waals surface area contributed by atoms with Crippen molar-refractivity contribution in [3.8, 4) is 17.2 Å². The van der Waals surface area contributed by atoms with Crippen molar-refractivity contribution in [2.75, 3.05) is 13.7 Å². The number of Topliss-reactive ketones (excluding diaryl/α,β-unsaturated/α-hetero) is 1. The maximum Gasteiger partial charge on any atom is 0.352 e. The highest BCUT2D eigenvalue weighted by Crippen LogP contribution is 2.36. The van der Waals surface area contributed by atoms with E-state index in [1.165, 1.54) is 0 Å². The van der Waals surface area contributed by atoms with Crippen molar-refractivity contribution in [1.82, 2.24) is 0 Å². The van der Waals surface area contributed by atoms with Crippen LogP contribution in [0.15, 0.2) is 78.6 Å². The topological polar surface area (TPSA) is 71.1 Å². The number of carbonyl (C=O) groups is 2. The van der Waals surface area contributed by atoms with Gasteiger partial charge in [-0.2, -0.15) is 0 Å². The number of ether oxygens (including phenoxy) is 4. The zero-order chi connectivity index (χ0) is 22.5. The molecule has 0 fully saturated rings. The van der Waals surface area contributed by atoms with Gasteiger partial charge in [0.15, 0.2) is 5.76 Å². The van der Waals surface area contributed by atoms with Crippen LogP contribution in [0.2, 0.25) is 0 Å². The summed E-state index contributed by atoms with van der Waals surface area (Å²) in [7, 11) is 1.58. The van der Waals surface area contributed by atoms with Gasteiger partial charge in [0, 0.05) is 11.6 Å². The van der Waals surface area contributed by atoms with Gasteiger partial charge in [0.2, 0.25) is 11.9 Å². The second-order valence-electron chi connectivity index (χ2n) is 7.03. The molecule has 0 bridgehead atoms. The molecule has 1 heterocycles. The lowest BCUT2D eigenvalue weighted by Gasteiger charge is -2.18. The SMILES string of the molecule is CCOC(=O)[C@@H](Oc1ccc2c(c1)OC(=Cc1cccc(OC)c1)C2=O)c1ccccc1. The largest absolute Gasteiger partial charge is 0.497 e. The van der Waals surface area contributed by atoms with Gasteiger partial charge in [-0.05, 0) is 42.8 Å². The molecule has 3 aromatic rings. The van der Waals surface area contributed by atoms with Crippen molar-refractivity contribution in [3.63, 3.8) is 0 Å². The van der Waals surface area contributed by atoms with Crippen LogP contribution in [0.5, 0.6) is 17.2 Å². The molecule has 1 aliphatic rings. The molecular weight excluding hydrogens is 408 g/mol. The van der Waals surface area contributed by atoms with Crippen LogP contribution < -0.4 is 14.2 Å². The van der Waals surface area contributed by atoms with Crippen LogP contribution in [0.4, 0.5) is 0 Å². The number of benzene rings is 3. The number of rotatable bonds is 7. The smallest absolute Gasteiger partial charge is 0.352 e. The molecule has 0 N–H and O–H groups in total. The molecule has 0 spiro atoms. The lowest BCUT2D eigenvalue weighted by molar-refractivity contribution is -0.151. The summed E-state index contributed by atoms with van der Waals surface area (Å²) in [5, 5.41) is 0. The third kappa shape index (κ3) is 4.49. The lowest BCUT2D eigenvalue weighted by atomic mass is 10.1. The number of carbonyl (C=O) groups excluding carboxylic acids is 2. The Morgan fingerprint density at radius 2 is 1.81 bits per heavy atom. The van der Waals surface area contributed by atoms with Crippen molar-refractivity contribution in [2.45, 2.75) is 13.0 Å². The molecule has 4 rings (SSSR count). The lowest BCUT2D eigenvalue weighted by Crippen LogP contribution is -2.21. The summed E-state index contributed by atoms with van der Waals surface area (Å²) in [4.78, 5) is 25.3. The van der Waals surface area contributed by atoms with Gasteiger partial charge in [0.1, 0.15) is 17.2 Å². The fraction of sp³-hybridized carbons (Fsp3) is 0.154. The first-order chi connectivity index (χ1) is 15.6. The molecule has 0 saturated carbocycles. The molecule has 6 nitrogen and oxygen atoms in total. The third-order valence-electron chi connectivity index (χ3n) is 4.89. The molecule has 6 heteroatoms. The van der Waals surface area contributed by atoms with E-state index in [0.717, 1.165) is 5.56 Å². The molecule has 0 amide bonds. The minimum Gasteiger partial charge on any atom is -0.497 e. The minimum atomic E-state index is -0.932. The van der Waals surface area contributed by atoms with Crippen LogP contribution in [0.3, 0.4) is 0 Å². The first kappa shape index (κ1) is 21.2. The second kappa shape index (κ2) is 9.39. The maximum absolute atomic E-state index is 12.8. The quantitative estimate of drug-likeness (QED) is 0.388. The molecule has 0 unspecified atom stereocenters. The normalized spacial score (nSPS) is 14.4. The number of allylic oxidation sites excluding steroid dienone is 1. The molecule has 0 radical (unpaired) electrons. The van der Waals surface area contributed by atoms with Crippen LogP contribution in [-0.2, 0) is 9.53 Å². The Morgan fingerprint density at radius 3 is 2.56 bits per heavy atom. The van der Waals surface area contributed by atoms with Gasteiger partial charge in [0.05, 0.1) is 19.3 Å². The summed E-state index contributed by atoms with van der Waals surface area (Å²) < 4.78 is 22.2. The summed E-state index contributed by atoms with van der Waals surface area (Å²) in [6, 6.07) is 21.3. The van der Waals surface area contributed by atoms with E-state index in [1.807, 2.05) is 42.5 Å². The van der Waals surface area contributed by atoms with Crippen molar-refractivity contribution in [1.29, 1.82) is 0 Å². The number of esters is 1. The van der Waals surface area contributed by atoms with Crippen LogP contribution in [0.25, 0.3) is 6.08 Å². The summed E-state index contributed by atoms with van der Waals surface area (Å²) in [6.07, 6.45) is 0.731. The zero-order valence-electron chi connectivity index (χ0n) is 17.7. The Kier molecular flexibility index (Phi) is 6.22. The van der Waals surface area contributed by atoms with Gasteiger partial charge in [-0.1, -0.05) is 42.5 Å². The summed E-state index contributed by atoms with van der Waals surface area (Å²) >= 11 is 0. The van der Waals surface area contributed by atoms with Crippen molar-refractivity contribution in [3.05, 3.63) is 95.2 Å². The Morgan fingerprint density at radius 1 is 1.00 bits per heavy atom. The monoisotopic (exact) mass is 430 g/mol. The van der Waals surface area contributed by atoms with Gasteiger partial charge >= 0.3 is 5.97 Å². The van der Waals surface area contributed by atoms with E-state index in [1.54, 1.807) is 50.4 Å². The average Bonchev–Trinajstić information content (AvgIpc) is 3.12. The Balaban J connectivity index is 1.58. The van der Waals surface area contributed by atoms with E-state index in [4.69, 9.17) is 18.9 Å². The van der Waals surface area contributed by atoms with E-state index in [0.29, 0.717) is 28.4 Å². The van der Waals surface area contributed by atoms with Gasteiger partial charge in [-0.15, -0.1) is 0 Å². The zero-order valence-corrected chi connectivity index (χ0v) is 17.7.